The van der Waals surface area contributed by atoms with Crippen LogP contribution in [0.5, 0.6) is 0 Å². The van der Waals surface area contributed by atoms with Gasteiger partial charge in [0.2, 0.25) is 0 Å². The van der Waals surface area contributed by atoms with E-state index < -0.39 is 18.6 Å². The van der Waals surface area contributed by atoms with Gasteiger partial charge in [0.25, 0.3) is 0 Å². The molecule has 6 heteroatoms. The average Bonchev–Trinajstić information content (AvgIpc) is 2.31. The van der Waals surface area contributed by atoms with Gasteiger partial charge in [-0.05, 0) is 28.1 Å². The van der Waals surface area contributed by atoms with Crippen LogP contribution in [-0.4, -0.2) is 6.18 Å². The molecule has 1 aromatic rings. The highest BCUT2D eigenvalue weighted by molar-refractivity contribution is 9.10. The lowest BCUT2D eigenvalue weighted by atomic mass is 10.2. The average molecular weight is 258 g/mol. The van der Waals surface area contributed by atoms with E-state index in [-0.39, 0.29) is 5.76 Å². The zero-order valence-electron chi connectivity index (χ0n) is 6.44. The highest BCUT2D eigenvalue weighted by Crippen LogP contribution is 2.29. The van der Waals surface area contributed by atoms with Crippen molar-refractivity contribution in [1.82, 2.24) is 0 Å². The van der Waals surface area contributed by atoms with Crippen molar-refractivity contribution >= 4 is 15.9 Å². The van der Waals surface area contributed by atoms with Gasteiger partial charge in [-0.1, -0.05) is 0 Å². The summed E-state index contributed by atoms with van der Waals surface area (Å²) in [6, 6.07) is 1.79. The van der Waals surface area contributed by atoms with Crippen molar-refractivity contribution in [2.45, 2.75) is 18.6 Å². The van der Waals surface area contributed by atoms with Gasteiger partial charge in [-0.3, -0.25) is 0 Å². The molecule has 0 fully saturated rings. The Kier molecular flexibility index (Phi) is 3.02. The van der Waals surface area contributed by atoms with Gasteiger partial charge < -0.3 is 10.2 Å². The second-order valence-corrected chi connectivity index (χ2v) is 3.35. The van der Waals surface area contributed by atoms with E-state index >= 15 is 0 Å². The van der Waals surface area contributed by atoms with Crippen LogP contribution in [0, 0.1) is 0 Å². The first-order valence-electron chi connectivity index (χ1n) is 3.46. The standard InChI is InChI=1S/C7H7BrF3NO/c8-6-2-1-5(13-6)4(12)3-7(9,10)11/h1-2,4H,3,12H2. The summed E-state index contributed by atoms with van der Waals surface area (Å²) in [6.07, 6.45) is -5.34. The molecule has 1 aromatic heterocycles. The lowest BCUT2D eigenvalue weighted by molar-refractivity contribution is -0.139. The van der Waals surface area contributed by atoms with Crippen LogP contribution in [-0.2, 0) is 0 Å². The summed E-state index contributed by atoms with van der Waals surface area (Å²) >= 11 is 2.98. The van der Waals surface area contributed by atoms with Gasteiger partial charge in [0.15, 0.2) is 4.67 Å². The van der Waals surface area contributed by atoms with Crippen molar-refractivity contribution in [3.63, 3.8) is 0 Å². The first-order chi connectivity index (χ1) is 5.88. The Bertz CT molecular complexity index is 284. The minimum atomic E-state index is -4.27. The Morgan fingerprint density at radius 3 is 2.46 bits per heavy atom. The second-order valence-electron chi connectivity index (χ2n) is 2.57. The molecule has 0 saturated heterocycles. The molecule has 0 spiro atoms. The van der Waals surface area contributed by atoms with E-state index in [9.17, 15) is 13.2 Å². The summed E-state index contributed by atoms with van der Waals surface area (Å²) in [5, 5.41) is 0. The predicted molar refractivity (Wildman–Crippen MR) is 44.0 cm³/mol. The van der Waals surface area contributed by atoms with E-state index in [2.05, 4.69) is 15.9 Å². The van der Waals surface area contributed by atoms with E-state index in [1.165, 1.54) is 12.1 Å². The Balaban J connectivity index is 2.64. The summed E-state index contributed by atoms with van der Waals surface area (Å²) < 4.78 is 40.9. The molecule has 0 aromatic carbocycles. The molecule has 0 saturated carbocycles. The molecule has 0 amide bonds. The molecule has 13 heavy (non-hydrogen) atoms. The van der Waals surface area contributed by atoms with Crippen LogP contribution in [0.3, 0.4) is 0 Å². The van der Waals surface area contributed by atoms with Crippen molar-refractivity contribution in [1.29, 1.82) is 0 Å². The Labute approximate surface area is 81.0 Å². The summed E-state index contributed by atoms with van der Waals surface area (Å²) in [6.45, 7) is 0. The fraction of sp³-hybridized carbons (Fsp3) is 0.429. The predicted octanol–water partition coefficient (Wildman–Crippen LogP) is 2.99. The first-order valence-corrected chi connectivity index (χ1v) is 4.25. The topological polar surface area (TPSA) is 39.2 Å². The lowest BCUT2D eigenvalue weighted by Crippen LogP contribution is -2.19. The first kappa shape index (κ1) is 10.6. The highest BCUT2D eigenvalue weighted by atomic mass is 79.9. The van der Waals surface area contributed by atoms with Crippen LogP contribution in [0.2, 0.25) is 0 Å². The molecule has 0 aliphatic rings. The quantitative estimate of drug-likeness (QED) is 0.885. The smallest absolute Gasteiger partial charge is 0.391 e. The molecule has 2 N–H and O–H groups in total. The van der Waals surface area contributed by atoms with Crippen LogP contribution < -0.4 is 5.73 Å². The SMILES string of the molecule is NC(CC(F)(F)F)c1ccc(Br)o1. The molecule has 0 aliphatic heterocycles. The number of rotatable bonds is 2. The minimum Gasteiger partial charge on any atom is -0.453 e. The number of hydrogen-bond acceptors (Lipinski definition) is 2. The molecule has 0 bridgehead atoms. The van der Waals surface area contributed by atoms with Crippen molar-refractivity contribution in [2.24, 2.45) is 5.73 Å². The number of hydrogen-bond donors (Lipinski definition) is 1. The van der Waals surface area contributed by atoms with Crippen LogP contribution in [0.4, 0.5) is 13.2 Å². The third kappa shape index (κ3) is 3.40. The third-order valence-electron chi connectivity index (χ3n) is 1.41. The zero-order chi connectivity index (χ0) is 10.1. The summed E-state index contributed by atoms with van der Waals surface area (Å²) in [7, 11) is 0. The molecule has 1 atom stereocenters. The minimum absolute atomic E-state index is 0.129. The van der Waals surface area contributed by atoms with Gasteiger partial charge >= 0.3 is 6.18 Å². The second kappa shape index (κ2) is 3.71. The van der Waals surface area contributed by atoms with Crippen LogP contribution in [0.1, 0.15) is 18.2 Å². The molecule has 1 rings (SSSR count). The van der Waals surface area contributed by atoms with Gasteiger partial charge in [-0.25, -0.2) is 0 Å². The molecule has 0 aliphatic carbocycles. The normalized spacial score (nSPS) is 14.5. The van der Waals surface area contributed by atoms with Crippen molar-refractivity contribution in [2.75, 3.05) is 0 Å². The number of nitrogens with two attached hydrogens (primary N) is 1. The van der Waals surface area contributed by atoms with Gasteiger partial charge in [0.05, 0.1) is 12.5 Å². The Morgan fingerprint density at radius 1 is 1.46 bits per heavy atom. The van der Waals surface area contributed by atoms with Gasteiger partial charge in [-0.15, -0.1) is 0 Å². The van der Waals surface area contributed by atoms with E-state index in [0.29, 0.717) is 4.67 Å². The van der Waals surface area contributed by atoms with Crippen LogP contribution in [0.15, 0.2) is 21.2 Å². The Morgan fingerprint density at radius 2 is 2.08 bits per heavy atom. The van der Waals surface area contributed by atoms with Crippen molar-refractivity contribution in [3.8, 4) is 0 Å². The van der Waals surface area contributed by atoms with Gasteiger partial charge in [-0.2, -0.15) is 13.2 Å². The largest absolute Gasteiger partial charge is 0.453 e. The summed E-state index contributed by atoms with van der Waals surface area (Å²) in [5.74, 6) is 0.129. The molecule has 2 nitrogen and oxygen atoms in total. The monoisotopic (exact) mass is 257 g/mol. The van der Waals surface area contributed by atoms with E-state index in [4.69, 9.17) is 10.2 Å². The fourth-order valence-corrected chi connectivity index (χ4v) is 1.20. The number of alkyl halides is 3. The molecule has 1 heterocycles. The van der Waals surface area contributed by atoms with Crippen LogP contribution >= 0.6 is 15.9 Å². The third-order valence-corrected chi connectivity index (χ3v) is 1.84. The molecular formula is C7H7BrF3NO. The maximum atomic E-state index is 11.9. The van der Waals surface area contributed by atoms with Crippen molar-refractivity contribution in [3.05, 3.63) is 22.6 Å². The number of furan rings is 1. The van der Waals surface area contributed by atoms with E-state index in [1.807, 2.05) is 0 Å². The molecule has 1 unspecified atom stereocenters. The summed E-state index contributed by atoms with van der Waals surface area (Å²) in [4.78, 5) is 0. The molecular weight excluding hydrogens is 251 g/mol. The van der Waals surface area contributed by atoms with E-state index in [0.717, 1.165) is 0 Å². The molecule has 0 radical (unpaired) electrons. The van der Waals surface area contributed by atoms with Gasteiger partial charge in [0, 0.05) is 0 Å². The lowest BCUT2D eigenvalue weighted by Gasteiger charge is -2.10. The zero-order valence-corrected chi connectivity index (χ0v) is 8.02. The maximum Gasteiger partial charge on any atom is 0.391 e. The summed E-state index contributed by atoms with van der Waals surface area (Å²) in [5.41, 5.74) is 5.26. The van der Waals surface area contributed by atoms with E-state index in [1.54, 1.807) is 0 Å². The molecule has 74 valence electrons. The van der Waals surface area contributed by atoms with Crippen molar-refractivity contribution < 1.29 is 17.6 Å². The van der Waals surface area contributed by atoms with Crippen LogP contribution in [0.25, 0.3) is 0 Å². The highest BCUT2D eigenvalue weighted by Gasteiger charge is 2.32. The Hall–Kier alpha value is -0.490. The maximum absolute atomic E-state index is 11.9. The number of halogens is 4. The fourth-order valence-electron chi connectivity index (χ4n) is 0.878. The van der Waals surface area contributed by atoms with Gasteiger partial charge in [0.1, 0.15) is 5.76 Å².